The van der Waals surface area contributed by atoms with Crippen molar-refractivity contribution < 1.29 is 15.0 Å². The van der Waals surface area contributed by atoms with Crippen molar-refractivity contribution in [3.8, 4) is 10.6 Å². The van der Waals surface area contributed by atoms with Crippen LogP contribution in [0.5, 0.6) is 0 Å². The number of aromatic nitrogens is 1. The van der Waals surface area contributed by atoms with E-state index in [2.05, 4.69) is 25.6 Å². The van der Waals surface area contributed by atoms with Gasteiger partial charge in [0.05, 0.1) is 18.4 Å². The highest BCUT2D eigenvalue weighted by Gasteiger charge is 2.59. The van der Waals surface area contributed by atoms with Gasteiger partial charge in [-0.15, -0.1) is 17.9 Å². The third kappa shape index (κ3) is 3.72. The van der Waals surface area contributed by atoms with E-state index in [0.717, 1.165) is 29.1 Å². The summed E-state index contributed by atoms with van der Waals surface area (Å²) in [7, 11) is 1.81. The molecular weight excluding hydrogens is 420 g/mol. The van der Waals surface area contributed by atoms with Gasteiger partial charge < -0.3 is 15.1 Å². The molecular formula is C26H34N2O3S. The molecule has 1 fully saturated rings. The van der Waals surface area contributed by atoms with Crippen LogP contribution in [0.15, 0.2) is 43.0 Å². The molecule has 0 spiro atoms. The lowest BCUT2D eigenvalue weighted by molar-refractivity contribution is -0.146. The molecule has 0 bridgehead atoms. The zero-order valence-electron chi connectivity index (χ0n) is 19.3. The van der Waals surface area contributed by atoms with Crippen LogP contribution in [0, 0.1) is 16.7 Å². The number of amides is 1. The lowest BCUT2D eigenvalue weighted by Crippen LogP contribution is -2.57. The Morgan fingerprint density at radius 1 is 1.34 bits per heavy atom. The van der Waals surface area contributed by atoms with Crippen LogP contribution in [0.25, 0.3) is 10.6 Å². The SMILES string of the molecule is C=CCN(C)C(=O)CC1c2nc(-c3ccccc3)sc2CC2C(C)(CO)C(O)CCC12C. The number of rotatable bonds is 6. The van der Waals surface area contributed by atoms with Crippen LogP contribution in [-0.4, -0.2) is 52.3 Å². The highest BCUT2D eigenvalue weighted by molar-refractivity contribution is 7.15. The number of aliphatic hydroxyl groups is 2. The van der Waals surface area contributed by atoms with Gasteiger partial charge in [-0.05, 0) is 30.6 Å². The topological polar surface area (TPSA) is 73.7 Å². The smallest absolute Gasteiger partial charge is 0.223 e. The summed E-state index contributed by atoms with van der Waals surface area (Å²) >= 11 is 1.69. The van der Waals surface area contributed by atoms with Crippen molar-refractivity contribution in [2.75, 3.05) is 20.2 Å². The Bertz CT molecular complexity index is 990. The van der Waals surface area contributed by atoms with E-state index in [9.17, 15) is 15.0 Å². The summed E-state index contributed by atoms with van der Waals surface area (Å²) in [6.07, 6.45) is 3.79. The molecule has 5 atom stereocenters. The van der Waals surface area contributed by atoms with Gasteiger partial charge in [-0.25, -0.2) is 4.98 Å². The van der Waals surface area contributed by atoms with Crippen molar-refractivity contribution in [1.82, 2.24) is 9.88 Å². The summed E-state index contributed by atoms with van der Waals surface area (Å²) in [5, 5.41) is 22.2. The number of carbonyl (C=O) groups is 1. The van der Waals surface area contributed by atoms with Crippen molar-refractivity contribution in [3.63, 3.8) is 0 Å². The summed E-state index contributed by atoms with van der Waals surface area (Å²) in [6, 6.07) is 10.2. The maximum Gasteiger partial charge on any atom is 0.223 e. The number of nitrogens with zero attached hydrogens (tertiary/aromatic N) is 2. The number of thiazole rings is 1. The molecule has 5 unspecified atom stereocenters. The highest BCUT2D eigenvalue weighted by atomic mass is 32.1. The number of carbonyl (C=O) groups excluding carboxylic acids is 1. The largest absolute Gasteiger partial charge is 0.396 e. The molecule has 0 saturated heterocycles. The van der Waals surface area contributed by atoms with Crippen LogP contribution in [0.4, 0.5) is 0 Å². The minimum Gasteiger partial charge on any atom is -0.396 e. The molecule has 1 aromatic heterocycles. The summed E-state index contributed by atoms with van der Waals surface area (Å²) in [5.41, 5.74) is 1.29. The molecule has 2 N–H and O–H groups in total. The Morgan fingerprint density at radius 2 is 2.06 bits per heavy atom. The van der Waals surface area contributed by atoms with Crippen LogP contribution in [-0.2, 0) is 11.2 Å². The minimum absolute atomic E-state index is 0.0527. The number of aliphatic hydroxyl groups excluding tert-OH is 2. The van der Waals surface area contributed by atoms with Gasteiger partial charge in [0.1, 0.15) is 5.01 Å². The minimum atomic E-state index is -0.601. The number of benzene rings is 1. The van der Waals surface area contributed by atoms with Crippen molar-refractivity contribution in [2.45, 2.75) is 51.6 Å². The first-order valence-corrected chi connectivity index (χ1v) is 12.2. The molecule has 172 valence electrons. The van der Waals surface area contributed by atoms with E-state index in [1.807, 2.05) is 32.2 Å². The van der Waals surface area contributed by atoms with Crippen LogP contribution >= 0.6 is 11.3 Å². The standard InChI is InChI=1S/C26H34N2O3S/c1-5-13-28(4)22(31)14-18-23-19(32-24(27-23)17-9-7-6-8-10-17)15-20-25(18,2)12-11-21(30)26(20,3)16-29/h5-10,18,20-21,29-30H,1,11-16H2,2-4H3. The number of fused-ring (bicyclic) bond motifs is 2. The lowest BCUT2D eigenvalue weighted by atomic mass is 9.47. The predicted molar refractivity (Wildman–Crippen MR) is 128 cm³/mol. The molecule has 6 heteroatoms. The summed E-state index contributed by atoms with van der Waals surface area (Å²) < 4.78 is 0. The fourth-order valence-electron chi connectivity index (χ4n) is 5.98. The quantitative estimate of drug-likeness (QED) is 0.640. The maximum atomic E-state index is 13.2. The van der Waals surface area contributed by atoms with Crippen molar-refractivity contribution in [1.29, 1.82) is 0 Å². The van der Waals surface area contributed by atoms with Gasteiger partial charge in [-0.1, -0.05) is 50.3 Å². The summed E-state index contributed by atoms with van der Waals surface area (Å²) in [5.74, 6) is 0.0970. The molecule has 2 aliphatic rings. The lowest BCUT2D eigenvalue weighted by Gasteiger charge is -2.58. The Hall–Kier alpha value is -2.02. The fraction of sp³-hybridized carbons (Fsp3) is 0.538. The van der Waals surface area contributed by atoms with Gasteiger partial charge in [0, 0.05) is 41.8 Å². The van der Waals surface area contributed by atoms with Crippen LogP contribution in [0.2, 0.25) is 0 Å². The van der Waals surface area contributed by atoms with E-state index >= 15 is 0 Å². The number of likely N-dealkylation sites (N-methyl/N-ethyl adjacent to an activating group) is 1. The van der Waals surface area contributed by atoms with Crippen LogP contribution in [0.3, 0.4) is 0 Å². The van der Waals surface area contributed by atoms with E-state index < -0.39 is 11.5 Å². The Labute approximate surface area is 194 Å². The first-order valence-electron chi connectivity index (χ1n) is 11.4. The fourth-order valence-corrected chi connectivity index (χ4v) is 7.15. The zero-order chi connectivity index (χ0) is 23.1. The molecule has 0 radical (unpaired) electrons. The molecule has 4 rings (SSSR count). The molecule has 32 heavy (non-hydrogen) atoms. The van der Waals surface area contributed by atoms with Gasteiger partial charge in [-0.2, -0.15) is 0 Å². The van der Waals surface area contributed by atoms with Gasteiger partial charge in [0.25, 0.3) is 0 Å². The highest BCUT2D eigenvalue weighted by Crippen LogP contribution is 2.63. The van der Waals surface area contributed by atoms with E-state index in [0.29, 0.717) is 19.4 Å². The molecule has 5 nitrogen and oxygen atoms in total. The van der Waals surface area contributed by atoms with Gasteiger partial charge in [0.2, 0.25) is 5.91 Å². The molecule has 2 aliphatic carbocycles. The first kappa shape index (κ1) is 23.1. The molecule has 1 amide bonds. The Morgan fingerprint density at radius 3 is 2.72 bits per heavy atom. The van der Waals surface area contributed by atoms with E-state index in [-0.39, 0.29) is 29.8 Å². The van der Waals surface area contributed by atoms with Crippen molar-refractivity contribution in [2.24, 2.45) is 16.7 Å². The Kier molecular flexibility index (Phi) is 6.31. The summed E-state index contributed by atoms with van der Waals surface area (Å²) in [4.78, 5) is 21.1. The number of hydrogen-bond donors (Lipinski definition) is 2. The monoisotopic (exact) mass is 454 g/mol. The zero-order valence-corrected chi connectivity index (χ0v) is 20.1. The normalized spacial score (nSPS) is 31.5. The van der Waals surface area contributed by atoms with Crippen molar-refractivity contribution >= 4 is 17.2 Å². The molecule has 2 aromatic rings. The average molecular weight is 455 g/mol. The second-order valence-corrected chi connectivity index (χ2v) is 11.1. The maximum absolute atomic E-state index is 13.2. The van der Waals surface area contributed by atoms with E-state index in [1.54, 1.807) is 22.3 Å². The third-order valence-electron chi connectivity index (χ3n) is 8.12. The second-order valence-electron chi connectivity index (χ2n) is 9.99. The van der Waals surface area contributed by atoms with Crippen LogP contribution < -0.4 is 0 Å². The molecule has 1 heterocycles. The predicted octanol–water partition coefficient (Wildman–Crippen LogP) is 4.26. The average Bonchev–Trinajstić information content (AvgIpc) is 3.22. The van der Waals surface area contributed by atoms with Gasteiger partial charge in [0.15, 0.2) is 0 Å². The van der Waals surface area contributed by atoms with Gasteiger partial charge >= 0.3 is 0 Å². The van der Waals surface area contributed by atoms with Crippen LogP contribution in [0.1, 0.15) is 49.6 Å². The van der Waals surface area contributed by atoms with Gasteiger partial charge in [-0.3, -0.25) is 4.79 Å². The molecule has 1 aromatic carbocycles. The van der Waals surface area contributed by atoms with E-state index in [1.165, 1.54) is 4.88 Å². The summed E-state index contributed by atoms with van der Waals surface area (Å²) in [6.45, 7) is 8.46. The van der Waals surface area contributed by atoms with E-state index in [4.69, 9.17) is 4.98 Å². The third-order valence-corrected chi connectivity index (χ3v) is 9.26. The number of hydrogen-bond acceptors (Lipinski definition) is 5. The first-order chi connectivity index (χ1) is 15.2. The molecule has 1 saturated carbocycles. The second kappa shape index (κ2) is 8.73. The Balaban J connectivity index is 1.81. The molecule has 0 aliphatic heterocycles. The van der Waals surface area contributed by atoms with Crippen molar-refractivity contribution in [3.05, 3.63) is 53.6 Å².